The molecule has 0 aliphatic heterocycles. The Bertz CT molecular complexity index is 830. The van der Waals surface area contributed by atoms with Gasteiger partial charge in [-0.15, -0.1) is 0 Å². The van der Waals surface area contributed by atoms with Gasteiger partial charge in [0.05, 0.1) is 30.1 Å². The largest absolute Gasteiger partial charge is 0.495 e. The second-order valence-electron chi connectivity index (χ2n) is 4.69. The lowest BCUT2D eigenvalue weighted by molar-refractivity contribution is 0.195. The van der Waals surface area contributed by atoms with Crippen molar-refractivity contribution in [2.24, 2.45) is 0 Å². The third-order valence-corrected chi connectivity index (χ3v) is 3.78. The van der Waals surface area contributed by atoms with Crippen LogP contribution in [0.5, 0.6) is 5.75 Å². The molecular formula is C14H14BrFN4O4. The van der Waals surface area contributed by atoms with E-state index in [1.807, 2.05) is 5.32 Å². The molecule has 2 aromatic rings. The molecule has 0 saturated carbocycles. The molecule has 128 valence electrons. The maximum atomic E-state index is 12.8. The van der Waals surface area contributed by atoms with Gasteiger partial charge in [-0.2, -0.15) is 5.10 Å². The average molecular weight is 401 g/mol. The zero-order chi connectivity index (χ0) is 17.7. The van der Waals surface area contributed by atoms with Crippen LogP contribution in [0.2, 0.25) is 0 Å². The van der Waals surface area contributed by atoms with Gasteiger partial charge in [0.1, 0.15) is 12.1 Å². The summed E-state index contributed by atoms with van der Waals surface area (Å²) < 4.78 is 21.0. The molecule has 1 aromatic heterocycles. The van der Waals surface area contributed by atoms with Crippen LogP contribution < -0.4 is 15.7 Å². The SMILES string of the molecule is COc1cc(-n2cnn(CC(=CF)CNC(=O)O)c2=O)ccc1Br. The van der Waals surface area contributed by atoms with Crippen molar-refractivity contribution >= 4 is 22.0 Å². The Morgan fingerprint density at radius 1 is 1.54 bits per heavy atom. The summed E-state index contributed by atoms with van der Waals surface area (Å²) in [6, 6.07) is 5.06. The average Bonchev–Trinajstić information content (AvgIpc) is 2.92. The molecule has 24 heavy (non-hydrogen) atoms. The number of ether oxygens (including phenoxy) is 1. The van der Waals surface area contributed by atoms with E-state index in [4.69, 9.17) is 9.84 Å². The minimum atomic E-state index is -1.28. The quantitative estimate of drug-likeness (QED) is 0.771. The number of benzene rings is 1. The van der Waals surface area contributed by atoms with E-state index >= 15 is 0 Å². The number of halogens is 2. The smallest absolute Gasteiger partial charge is 0.404 e. The third-order valence-electron chi connectivity index (χ3n) is 3.12. The lowest BCUT2D eigenvalue weighted by atomic mass is 10.3. The zero-order valence-electron chi connectivity index (χ0n) is 12.6. The number of hydrogen-bond donors (Lipinski definition) is 2. The molecule has 0 unspecified atom stereocenters. The summed E-state index contributed by atoms with van der Waals surface area (Å²) in [6.45, 7) is -0.409. The molecule has 10 heteroatoms. The summed E-state index contributed by atoms with van der Waals surface area (Å²) in [6.07, 6.45) is 0.268. The number of nitrogens with zero attached hydrogens (tertiary/aromatic N) is 3. The Morgan fingerprint density at radius 3 is 2.92 bits per heavy atom. The van der Waals surface area contributed by atoms with Crippen molar-refractivity contribution in [3.63, 3.8) is 0 Å². The number of carboxylic acid groups (broad SMARTS) is 1. The van der Waals surface area contributed by atoms with Crippen LogP contribution in [0, 0.1) is 0 Å². The molecule has 0 spiro atoms. The van der Waals surface area contributed by atoms with Crippen LogP contribution in [-0.2, 0) is 6.54 Å². The summed E-state index contributed by atoms with van der Waals surface area (Å²) >= 11 is 3.32. The molecule has 1 aromatic carbocycles. The molecule has 8 nitrogen and oxygen atoms in total. The molecule has 0 fully saturated rings. The molecule has 1 amide bonds. The number of amides is 1. The molecule has 2 rings (SSSR count). The molecule has 1 heterocycles. The Labute approximate surface area is 144 Å². The first-order chi connectivity index (χ1) is 11.5. The van der Waals surface area contributed by atoms with Crippen LogP contribution in [0.3, 0.4) is 0 Å². The second kappa shape index (κ2) is 7.77. The molecule has 0 aliphatic rings. The Kier molecular flexibility index (Phi) is 5.74. The van der Waals surface area contributed by atoms with E-state index < -0.39 is 11.8 Å². The summed E-state index contributed by atoms with van der Waals surface area (Å²) in [5, 5.41) is 14.5. The van der Waals surface area contributed by atoms with E-state index in [1.165, 1.54) is 18.0 Å². The van der Waals surface area contributed by atoms with E-state index in [0.29, 0.717) is 11.4 Å². The fourth-order valence-electron chi connectivity index (χ4n) is 1.93. The van der Waals surface area contributed by atoms with Gasteiger partial charge in [0.25, 0.3) is 0 Å². The lowest BCUT2D eigenvalue weighted by Crippen LogP contribution is -2.29. The van der Waals surface area contributed by atoms with Crippen LogP contribution in [-0.4, -0.2) is 39.2 Å². The number of rotatable bonds is 6. The molecule has 2 N–H and O–H groups in total. The Balaban J connectivity index is 2.25. The molecule has 0 saturated heterocycles. The van der Waals surface area contributed by atoms with E-state index in [0.717, 1.165) is 9.15 Å². The zero-order valence-corrected chi connectivity index (χ0v) is 14.2. The molecule has 0 atom stereocenters. The predicted octanol–water partition coefficient (Wildman–Crippen LogP) is 1.93. The number of nitrogens with one attached hydrogen (secondary N) is 1. The minimum absolute atomic E-state index is 0.0677. The third kappa shape index (κ3) is 4.02. The number of carbonyl (C=O) groups is 1. The fraction of sp³-hybridized carbons (Fsp3) is 0.214. The van der Waals surface area contributed by atoms with E-state index in [1.54, 1.807) is 18.2 Å². The van der Waals surface area contributed by atoms with Crippen molar-refractivity contribution < 1.29 is 19.0 Å². The second-order valence-corrected chi connectivity index (χ2v) is 5.54. The van der Waals surface area contributed by atoms with Crippen LogP contribution >= 0.6 is 15.9 Å². The highest BCUT2D eigenvalue weighted by molar-refractivity contribution is 9.10. The van der Waals surface area contributed by atoms with Crippen LogP contribution in [0.15, 0.2) is 45.7 Å². The standard InChI is InChI=1S/C14H14BrFN4O4/c1-24-12-4-10(2-3-11(12)15)19-8-18-20(14(19)23)7-9(5-16)6-17-13(21)22/h2-5,8,17H,6-7H2,1H3,(H,21,22). The lowest BCUT2D eigenvalue weighted by Gasteiger charge is -2.07. The Hall–Kier alpha value is -2.62. The van der Waals surface area contributed by atoms with Crippen LogP contribution in [0.4, 0.5) is 9.18 Å². The summed E-state index contributed by atoms with van der Waals surface area (Å²) in [7, 11) is 1.50. The van der Waals surface area contributed by atoms with Crippen molar-refractivity contribution in [3.8, 4) is 11.4 Å². The van der Waals surface area contributed by atoms with Crippen LogP contribution in [0.25, 0.3) is 5.69 Å². The van der Waals surface area contributed by atoms with Gasteiger partial charge in [-0.05, 0) is 33.6 Å². The Morgan fingerprint density at radius 2 is 2.29 bits per heavy atom. The molecule has 0 bridgehead atoms. The normalized spacial score (nSPS) is 11.4. The predicted molar refractivity (Wildman–Crippen MR) is 87.3 cm³/mol. The van der Waals surface area contributed by atoms with Crippen LogP contribution in [0.1, 0.15) is 0 Å². The highest BCUT2D eigenvalue weighted by Crippen LogP contribution is 2.26. The van der Waals surface area contributed by atoms with Gasteiger partial charge in [0, 0.05) is 12.6 Å². The van der Waals surface area contributed by atoms with Gasteiger partial charge in [-0.25, -0.2) is 23.2 Å². The maximum Gasteiger partial charge on any atom is 0.404 e. The summed E-state index contributed by atoms with van der Waals surface area (Å²) in [5.74, 6) is 0.544. The number of hydrogen-bond acceptors (Lipinski definition) is 4. The van der Waals surface area contributed by atoms with Gasteiger partial charge in [0.15, 0.2) is 0 Å². The van der Waals surface area contributed by atoms with E-state index in [2.05, 4.69) is 21.0 Å². The summed E-state index contributed by atoms with van der Waals surface area (Å²) in [5.41, 5.74) is 0.105. The maximum absolute atomic E-state index is 12.8. The van der Waals surface area contributed by atoms with Crippen molar-refractivity contribution in [2.75, 3.05) is 13.7 Å². The van der Waals surface area contributed by atoms with Gasteiger partial charge in [-0.3, -0.25) is 0 Å². The van der Waals surface area contributed by atoms with Gasteiger partial charge < -0.3 is 15.2 Å². The van der Waals surface area contributed by atoms with Gasteiger partial charge in [-0.1, -0.05) is 0 Å². The van der Waals surface area contributed by atoms with E-state index in [9.17, 15) is 14.0 Å². The van der Waals surface area contributed by atoms with Crippen molar-refractivity contribution in [1.82, 2.24) is 19.7 Å². The first-order valence-corrected chi connectivity index (χ1v) is 7.49. The molecule has 0 radical (unpaired) electrons. The van der Waals surface area contributed by atoms with Crippen molar-refractivity contribution in [3.05, 3.63) is 51.4 Å². The topological polar surface area (TPSA) is 98.4 Å². The number of methoxy groups -OCH3 is 1. The highest BCUT2D eigenvalue weighted by Gasteiger charge is 2.11. The first-order valence-electron chi connectivity index (χ1n) is 6.69. The van der Waals surface area contributed by atoms with Crippen molar-refractivity contribution in [1.29, 1.82) is 0 Å². The monoisotopic (exact) mass is 400 g/mol. The number of aromatic nitrogens is 3. The fourth-order valence-corrected chi connectivity index (χ4v) is 2.34. The first kappa shape index (κ1) is 17.7. The van der Waals surface area contributed by atoms with E-state index in [-0.39, 0.29) is 25.0 Å². The van der Waals surface area contributed by atoms with Crippen molar-refractivity contribution in [2.45, 2.75) is 6.54 Å². The van der Waals surface area contributed by atoms with Gasteiger partial charge in [0.2, 0.25) is 0 Å². The summed E-state index contributed by atoms with van der Waals surface area (Å²) in [4.78, 5) is 22.8. The van der Waals surface area contributed by atoms with Gasteiger partial charge >= 0.3 is 11.8 Å². The molecular weight excluding hydrogens is 387 g/mol. The highest BCUT2D eigenvalue weighted by atomic mass is 79.9. The molecule has 0 aliphatic carbocycles. The minimum Gasteiger partial charge on any atom is -0.495 e.